The van der Waals surface area contributed by atoms with Crippen LogP contribution in [0.2, 0.25) is 0 Å². The van der Waals surface area contributed by atoms with Crippen molar-refractivity contribution in [3.8, 4) is 0 Å². The molecule has 0 saturated carbocycles. The molecule has 4 heteroatoms. The van der Waals surface area contributed by atoms with Crippen LogP contribution >= 0.6 is 0 Å². The van der Waals surface area contributed by atoms with Crippen LogP contribution in [0.5, 0.6) is 0 Å². The van der Waals surface area contributed by atoms with Gasteiger partial charge in [-0.15, -0.1) is 0 Å². The second-order valence-corrected chi connectivity index (χ2v) is 4.96. The van der Waals surface area contributed by atoms with Gasteiger partial charge in [-0.2, -0.15) is 0 Å². The normalized spacial score (nSPS) is 12.5. The molecule has 0 radical (unpaired) electrons. The minimum Gasteiger partial charge on any atom is -0.356 e. The summed E-state index contributed by atoms with van der Waals surface area (Å²) >= 11 is 0. The topological polar surface area (TPSA) is 32.3 Å². The third-order valence-corrected chi connectivity index (χ3v) is 3.08. The lowest BCUT2D eigenvalue weighted by Crippen LogP contribution is -2.31. The molecule has 1 amide bonds. The SMILES string of the molecule is CCC(C(=O)NCCCN(C)C)c1ccc(F)cc1. The first-order chi connectivity index (χ1) is 9.04. The Morgan fingerprint density at radius 3 is 2.47 bits per heavy atom. The van der Waals surface area contributed by atoms with Gasteiger partial charge in [-0.3, -0.25) is 4.79 Å². The molecule has 0 bridgehead atoms. The summed E-state index contributed by atoms with van der Waals surface area (Å²) in [5, 5.41) is 2.94. The van der Waals surface area contributed by atoms with E-state index in [1.165, 1.54) is 12.1 Å². The Labute approximate surface area is 114 Å². The first-order valence-electron chi connectivity index (χ1n) is 6.72. The van der Waals surface area contributed by atoms with Crippen LogP contribution in [0.1, 0.15) is 31.2 Å². The number of rotatable bonds is 7. The zero-order chi connectivity index (χ0) is 14.3. The van der Waals surface area contributed by atoms with Crippen molar-refractivity contribution < 1.29 is 9.18 Å². The molecular weight excluding hydrogens is 243 g/mol. The Balaban J connectivity index is 2.50. The van der Waals surface area contributed by atoms with E-state index < -0.39 is 0 Å². The molecule has 0 aliphatic carbocycles. The van der Waals surface area contributed by atoms with E-state index in [0.29, 0.717) is 13.0 Å². The van der Waals surface area contributed by atoms with Gasteiger partial charge in [0.05, 0.1) is 5.92 Å². The van der Waals surface area contributed by atoms with Crippen LogP contribution in [-0.4, -0.2) is 38.0 Å². The molecule has 106 valence electrons. The van der Waals surface area contributed by atoms with Crippen molar-refractivity contribution in [2.45, 2.75) is 25.7 Å². The lowest BCUT2D eigenvalue weighted by Gasteiger charge is -2.16. The molecule has 0 heterocycles. The molecular formula is C15H23FN2O. The number of benzene rings is 1. The number of halogens is 1. The van der Waals surface area contributed by atoms with Crippen LogP contribution in [0.4, 0.5) is 4.39 Å². The average molecular weight is 266 g/mol. The fourth-order valence-corrected chi connectivity index (χ4v) is 2.00. The number of carbonyl (C=O) groups is 1. The summed E-state index contributed by atoms with van der Waals surface area (Å²) < 4.78 is 12.9. The van der Waals surface area contributed by atoms with E-state index >= 15 is 0 Å². The molecule has 1 unspecified atom stereocenters. The predicted molar refractivity (Wildman–Crippen MR) is 75.6 cm³/mol. The van der Waals surface area contributed by atoms with Gasteiger partial charge < -0.3 is 10.2 Å². The van der Waals surface area contributed by atoms with Crippen LogP contribution < -0.4 is 5.32 Å². The quantitative estimate of drug-likeness (QED) is 0.769. The third-order valence-electron chi connectivity index (χ3n) is 3.08. The summed E-state index contributed by atoms with van der Waals surface area (Å²) in [5.74, 6) is -0.446. The van der Waals surface area contributed by atoms with Crippen LogP contribution in [0, 0.1) is 5.82 Å². The summed E-state index contributed by atoms with van der Waals surface area (Å²) in [5.41, 5.74) is 0.869. The molecule has 1 aromatic carbocycles. The van der Waals surface area contributed by atoms with Crippen molar-refractivity contribution in [1.29, 1.82) is 0 Å². The van der Waals surface area contributed by atoms with Gasteiger partial charge in [0, 0.05) is 6.54 Å². The summed E-state index contributed by atoms with van der Waals surface area (Å²) in [6.07, 6.45) is 1.64. The standard InChI is InChI=1S/C15H23FN2O/c1-4-14(12-6-8-13(16)9-7-12)15(19)17-10-5-11-18(2)3/h6-9,14H,4-5,10-11H2,1-3H3,(H,17,19). The van der Waals surface area contributed by atoms with Crippen molar-refractivity contribution in [2.24, 2.45) is 0 Å². The Hall–Kier alpha value is -1.42. The predicted octanol–water partition coefficient (Wildman–Crippen LogP) is 2.39. The highest BCUT2D eigenvalue weighted by molar-refractivity contribution is 5.83. The zero-order valence-corrected chi connectivity index (χ0v) is 11.9. The largest absolute Gasteiger partial charge is 0.356 e. The Kier molecular flexibility index (Phi) is 6.50. The van der Waals surface area contributed by atoms with E-state index in [1.807, 2.05) is 21.0 Å². The van der Waals surface area contributed by atoms with Gasteiger partial charge in [-0.25, -0.2) is 4.39 Å². The monoisotopic (exact) mass is 266 g/mol. The maximum absolute atomic E-state index is 12.9. The van der Waals surface area contributed by atoms with Gasteiger partial charge >= 0.3 is 0 Å². The van der Waals surface area contributed by atoms with Crippen molar-refractivity contribution in [3.63, 3.8) is 0 Å². The van der Waals surface area contributed by atoms with Crippen LogP contribution in [-0.2, 0) is 4.79 Å². The highest BCUT2D eigenvalue weighted by Crippen LogP contribution is 2.19. The molecule has 0 fully saturated rings. The first kappa shape index (κ1) is 15.6. The average Bonchev–Trinajstić information content (AvgIpc) is 2.37. The Morgan fingerprint density at radius 2 is 1.95 bits per heavy atom. The molecule has 3 nitrogen and oxygen atoms in total. The minimum atomic E-state index is -0.273. The molecule has 1 rings (SSSR count). The maximum atomic E-state index is 12.9. The maximum Gasteiger partial charge on any atom is 0.227 e. The molecule has 1 N–H and O–H groups in total. The summed E-state index contributed by atoms with van der Waals surface area (Å²) in [6, 6.07) is 6.17. The molecule has 1 aromatic rings. The lowest BCUT2D eigenvalue weighted by atomic mass is 9.95. The molecule has 0 aliphatic rings. The Morgan fingerprint density at radius 1 is 1.32 bits per heavy atom. The molecule has 19 heavy (non-hydrogen) atoms. The highest BCUT2D eigenvalue weighted by Gasteiger charge is 2.17. The number of hydrogen-bond acceptors (Lipinski definition) is 2. The van der Waals surface area contributed by atoms with E-state index in [4.69, 9.17) is 0 Å². The number of nitrogens with zero attached hydrogens (tertiary/aromatic N) is 1. The van der Waals surface area contributed by atoms with Crippen molar-refractivity contribution >= 4 is 5.91 Å². The summed E-state index contributed by atoms with van der Waals surface area (Å²) in [7, 11) is 4.02. The third kappa shape index (κ3) is 5.39. The number of nitrogens with one attached hydrogen (secondary N) is 1. The van der Waals surface area contributed by atoms with Crippen molar-refractivity contribution in [3.05, 3.63) is 35.6 Å². The molecule has 0 aromatic heterocycles. The summed E-state index contributed by atoms with van der Waals surface area (Å²) in [4.78, 5) is 14.2. The number of amides is 1. The Bertz CT molecular complexity index is 390. The van der Waals surface area contributed by atoms with Crippen molar-refractivity contribution in [2.75, 3.05) is 27.2 Å². The van der Waals surface area contributed by atoms with Crippen LogP contribution in [0.3, 0.4) is 0 Å². The molecule has 0 aliphatic heterocycles. The van der Waals surface area contributed by atoms with Gasteiger partial charge in [-0.05, 0) is 51.2 Å². The molecule has 1 atom stereocenters. The second-order valence-electron chi connectivity index (χ2n) is 4.96. The second kappa shape index (κ2) is 7.89. The van der Waals surface area contributed by atoms with E-state index in [2.05, 4.69) is 10.2 Å². The minimum absolute atomic E-state index is 0.0212. The number of hydrogen-bond donors (Lipinski definition) is 1. The van der Waals surface area contributed by atoms with Crippen LogP contribution in [0.25, 0.3) is 0 Å². The van der Waals surface area contributed by atoms with Gasteiger partial charge in [0.15, 0.2) is 0 Å². The fraction of sp³-hybridized carbons (Fsp3) is 0.533. The van der Waals surface area contributed by atoms with E-state index in [0.717, 1.165) is 18.5 Å². The van der Waals surface area contributed by atoms with Crippen LogP contribution in [0.15, 0.2) is 24.3 Å². The van der Waals surface area contributed by atoms with E-state index in [-0.39, 0.29) is 17.6 Å². The number of carbonyl (C=O) groups excluding carboxylic acids is 1. The first-order valence-corrected chi connectivity index (χ1v) is 6.72. The van der Waals surface area contributed by atoms with E-state index in [1.54, 1.807) is 12.1 Å². The lowest BCUT2D eigenvalue weighted by molar-refractivity contribution is -0.122. The zero-order valence-electron chi connectivity index (χ0n) is 11.9. The highest BCUT2D eigenvalue weighted by atomic mass is 19.1. The van der Waals surface area contributed by atoms with Gasteiger partial charge in [0.1, 0.15) is 5.82 Å². The van der Waals surface area contributed by atoms with E-state index in [9.17, 15) is 9.18 Å². The summed E-state index contributed by atoms with van der Waals surface area (Å²) in [6.45, 7) is 3.59. The molecule has 0 spiro atoms. The smallest absolute Gasteiger partial charge is 0.227 e. The van der Waals surface area contributed by atoms with Gasteiger partial charge in [0.25, 0.3) is 0 Å². The van der Waals surface area contributed by atoms with Crippen molar-refractivity contribution in [1.82, 2.24) is 10.2 Å². The van der Waals surface area contributed by atoms with Gasteiger partial charge in [-0.1, -0.05) is 19.1 Å². The van der Waals surface area contributed by atoms with Gasteiger partial charge in [0.2, 0.25) is 5.91 Å². The fourth-order valence-electron chi connectivity index (χ4n) is 2.00. The molecule has 0 saturated heterocycles.